The van der Waals surface area contributed by atoms with E-state index in [1.54, 1.807) is 24.3 Å². The highest BCUT2D eigenvalue weighted by atomic mass is 16.6. The second kappa shape index (κ2) is 11.4. The van der Waals surface area contributed by atoms with Gasteiger partial charge in [0.2, 0.25) is 5.91 Å². The molecule has 11 nitrogen and oxygen atoms in total. The number of anilines is 2. The first kappa shape index (κ1) is 26.1. The number of nitro groups is 1. The molecule has 1 aliphatic heterocycles. The Morgan fingerprint density at radius 1 is 1.03 bits per heavy atom. The normalized spacial score (nSPS) is 14.6. The van der Waals surface area contributed by atoms with E-state index >= 15 is 0 Å². The minimum atomic E-state index is -0.764. The molecule has 0 unspecified atom stereocenters. The Morgan fingerprint density at radius 2 is 1.66 bits per heavy atom. The number of benzene rings is 3. The molecule has 1 heterocycles. The number of carbonyl (C=O) groups is 3. The fraction of sp³-hybridized carbons (Fsp3) is 0.222. The highest BCUT2D eigenvalue weighted by molar-refractivity contribution is 6.00. The van der Waals surface area contributed by atoms with Crippen molar-refractivity contribution in [2.24, 2.45) is 5.92 Å². The van der Waals surface area contributed by atoms with E-state index in [9.17, 15) is 24.5 Å². The van der Waals surface area contributed by atoms with Crippen molar-refractivity contribution in [1.82, 2.24) is 0 Å². The fourth-order valence-corrected chi connectivity index (χ4v) is 3.89. The van der Waals surface area contributed by atoms with Crippen LogP contribution in [0.1, 0.15) is 12.0 Å². The van der Waals surface area contributed by atoms with Crippen molar-refractivity contribution in [1.29, 1.82) is 0 Å². The molecular formula is C27H25N3O8. The van der Waals surface area contributed by atoms with Crippen molar-refractivity contribution in [3.63, 3.8) is 0 Å². The Kier molecular flexibility index (Phi) is 7.86. The summed E-state index contributed by atoms with van der Waals surface area (Å²) in [4.78, 5) is 49.5. The highest BCUT2D eigenvalue weighted by Crippen LogP contribution is 2.30. The van der Waals surface area contributed by atoms with Crippen LogP contribution in [0.4, 0.5) is 17.1 Å². The van der Waals surface area contributed by atoms with Crippen molar-refractivity contribution < 1.29 is 33.5 Å². The van der Waals surface area contributed by atoms with Gasteiger partial charge in [-0.05, 0) is 49.4 Å². The van der Waals surface area contributed by atoms with E-state index in [1.165, 1.54) is 30.2 Å². The lowest BCUT2D eigenvalue weighted by Gasteiger charge is -2.17. The lowest BCUT2D eigenvalue weighted by Crippen LogP contribution is -2.28. The summed E-state index contributed by atoms with van der Waals surface area (Å²) in [7, 11) is 1.38. The van der Waals surface area contributed by atoms with E-state index in [-0.39, 0.29) is 30.2 Å². The van der Waals surface area contributed by atoms with Gasteiger partial charge in [0, 0.05) is 30.8 Å². The first-order chi connectivity index (χ1) is 18.2. The van der Waals surface area contributed by atoms with Gasteiger partial charge in [-0.3, -0.25) is 24.5 Å². The van der Waals surface area contributed by atoms with Gasteiger partial charge in [0.25, 0.3) is 11.6 Å². The molecule has 0 saturated carbocycles. The zero-order valence-electron chi connectivity index (χ0n) is 20.7. The van der Waals surface area contributed by atoms with Crippen molar-refractivity contribution in [2.75, 3.05) is 30.5 Å². The maximum absolute atomic E-state index is 12.6. The third-order valence-electron chi connectivity index (χ3n) is 5.88. The summed E-state index contributed by atoms with van der Waals surface area (Å²) in [5.41, 5.74) is 1.30. The van der Waals surface area contributed by atoms with Crippen LogP contribution in [0, 0.1) is 23.0 Å². The largest absolute Gasteiger partial charge is 0.497 e. The monoisotopic (exact) mass is 519 g/mol. The number of nitro benzene ring substituents is 1. The standard InChI is InChI=1S/C27H25N3O8/c1-17-3-7-20(8-4-17)38-21-9-5-19(6-10-21)29-15-18(13-26(29)32)27(33)37-16-25(31)28-23-14-22(36-2)11-12-24(23)30(34)35/h3-12,14,18H,13,15-16H2,1-2H3,(H,28,31)/t18-/m1/s1. The third-order valence-corrected chi connectivity index (χ3v) is 5.88. The van der Waals surface area contributed by atoms with Gasteiger partial charge >= 0.3 is 5.97 Å². The number of rotatable bonds is 9. The van der Waals surface area contributed by atoms with Gasteiger partial charge in [-0.15, -0.1) is 0 Å². The quantitative estimate of drug-likeness (QED) is 0.252. The van der Waals surface area contributed by atoms with Crippen LogP contribution in [-0.2, 0) is 19.1 Å². The van der Waals surface area contributed by atoms with Gasteiger partial charge < -0.3 is 24.4 Å². The number of methoxy groups -OCH3 is 1. The smallest absolute Gasteiger partial charge is 0.311 e. The summed E-state index contributed by atoms with van der Waals surface area (Å²) >= 11 is 0. The van der Waals surface area contributed by atoms with E-state index in [0.717, 1.165) is 5.56 Å². The van der Waals surface area contributed by atoms with Gasteiger partial charge in [-0.1, -0.05) is 17.7 Å². The maximum Gasteiger partial charge on any atom is 0.311 e. The molecule has 0 bridgehead atoms. The number of hydrogen-bond acceptors (Lipinski definition) is 8. The van der Waals surface area contributed by atoms with Crippen molar-refractivity contribution in [3.05, 3.63) is 82.4 Å². The number of aryl methyl sites for hydroxylation is 1. The Labute approximate surface area is 218 Å². The van der Waals surface area contributed by atoms with Gasteiger partial charge in [-0.25, -0.2) is 0 Å². The highest BCUT2D eigenvalue weighted by Gasteiger charge is 2.36. The summed E-state index contributed by atoms with van der Waals surface area (Å²) < 4.78 is 15.9. The summed E-state index contributed by atoms with van der Waals surface area (Å²) in [5, 5.41) is 13.6. The molecule has 1 N–H and O–H groups in total. The third kappa shape index (κ3) is 6.25. The number of nitrogens with zero attached hydrogens (tertiary/aromatic N) is 2. The van der Waals surface area contributed by atoms with Gasteiger partial charge in [0.15, 0.2) is 6.61 Å². The molecule has 0 radical (unpaired) electrons. The molecule has 1 saturated heterocycles. The first-order valence-electron chi connectivity index (χ1n) is 11.7. The van der Waals surface area contributed by atoms with Gasteiger partial charge in [0.1, 0.15) is 22.9 Å². The summed E-state index contributed by atoms with van der Waals surface area (Å²) in [5.74, 6) is -0.894. The molecule has 0 aliphatic carbocycles. The molecule has 1 atom stereocenters. The topological polar surface area (TPSA) is 137 Å². The van der Waals surface area contributed by atoms with Crippen LogP contribution >= 0.6 is 0 Å². The molecule has 11 heteroatoms. The predicted octanol–water partition coefficient (Wildman–Crippen LogP) is 4.24. The van der Waals surface area contributed by atoms with Crippen LogP contribution in [0.2, 0.25) is 0 Å². The fourth-order valence-electron chi connectivity index (χ4n) is 3.89. The zero-order valence-corrected chi connectivity index (χ0v) is 20.7. The Balaban J connectivity index is 1.31. The Hall–Kier alpha value is -4.93. The van der Waals surface area contributed by atoms with Crippen LogP contribution in [0.5, 0.6) is 17.2 Å². The van der Waals surface area contributed by atoms with Gasteiger partial charge in [0.05, 0.1) is 18.0 Å². The molecule has 38 heavy (non-hydrogen) atoms. The van der Waals surface area contributed by atoms with Crippen LogP contribution in [0.25, 0.3) is 0 Å². The molecule has 0 aromatic heterocycles. The van der Waals surface area contributed by atoms with Gasteiger partial charge in [-0.2, -0.15) is 0 Å². The molecule has 196 valence electrons. The Morgan fingerprint density at radius 3 is 2.29 bits per heavy atom. The number of carbonyl (C=O) groups excluding carboxylic acids is 3. The van der Waals surface area contributed by atoms with E-state index in [1.807, 2.05) is 31.2 Å². The van der Waals surface area contributed by atoms with Crippen molar-refractivity contribution in [2.45, 2.75) is 13.3 Å². The number of esters is 1. The molecule has 1 fully saturated rings. The Bertz CT molecular complexity index is 1360. The lowest BCUT2D eigenvalue weighted by atomic mass is 10.1. The average molecular weight is 520 g/mol. The maximum atomic E-state index is 12.6. The minimum Gasteiger partial charge on any atom is -0.497 e. The van der Waals surface area contributed by atoms with Crippen LogP contribution in [-0.4, -0.2) is 43.0 Å². The molecule has 2 amide bonds. The lowest BCUT2D eigenvalue weighted by molar-refractivity contribution is -0.383. The second-order valence-corrected chi connectivity index (χ2v) is 8.61. The van der Waals surface area contributed by atoms with Crippen LogP contribution in [0.15, 0.2) is 66.7 Å². The molecule has 1 aliphatic rings. The van der Waals surface area contributed by atoms with E-state index in [4.69, 9.17) is 14.2 Å². The number of nitrogens with one attached hydrogen (secondary N) is 1. The number of ether oxygens (including phenoxy) is 3. The zero-order chi connectivity index (χ0) is 27.2. The van der Waals surface area contributed by atoms with Crippen LogP contribution in [0.3, 0.4) is 0 Å². The van der Waals surface area contributed by atoms with Crippen LogP contribution < -0.4 is 19.7 Å². The molecular weight excluding hydrogens is 494 g/mol. The molecule has 3 aromatic carbocycles. The molecule has 3 aromatic rings. The summed E-state index contributed by atoms with van der Waals surface area (Å²) in [6, 6.07) is 18.4. The average Bonchev–Trinajstić information content (AvgIpc) is 3.30. The second-order valence-electron chi connectivity index (χ2n) is 8.61. The van der Waals surface area contributed by atoms with E-state index in [2.05, 4.69) is 5.32 Å². The summed E-state index contributed by atoms with van der Waals surface area (Å²) in [6.07, 6.45) is -0.0660. The molecule has 0 spiro atoms. The van der Waals surface area contributed by atoms with Crippen molar-refractivity contribution in [3.8, 4) is 17.2 Å². The molecule has 4 rings (SSSR count). The minimum absolute atomic E-state index is 0.0660. The first-order valence-corrected chi connectivity index (χ1v) is 11.7. The number of hydrogen-bond donors (Lipinski definition) is 1. The van der Waals surface area contributed by atoms with E-state index < -0.39 is 29.3 Å². The van der Waals surface area contributed by atoms with Crippen molar-refractivity contribution >= 4 is 34.8 Å². The SMILES string of the molecule is COc1ccc([N+](=O)[O-])c(NC(=O)COC(=O)[C@@H]2CC(=O)N(c3ccc(Oc4ccc(C)cc4)cc3)C2)c1. The number of amides is 2. The van der Waals surface area contributed by atoms with E-state index in [0.29, 0.717) is 22.9 Å². The summed E-state index contributed by atoms with van der Waals surface area (Å²) in [6.45, 7) is 1.42. The predicted molar refractivity (Wildman–Crippen MR) is 137 cm³/mol.